The second-order valence-electron chi connectivity index (χ2n) is 7.17. The molecule has 0 fully saturated rings. The largest absolute Gasteiger partial charge is 0.492 e. The Kier molecular flexibility index (Phi) is 6.25. The number of imide groups is 1. The van der Waals surface area contributed by atoms with Crippen LogP contribution in [0.3, 0.4) is 0 Å². The van der Waals surface area contributed by atoms with Crippen LogP contribution in [0, 0.1) is 13.8 Å². The third-order valence-electron chi connectivity index (χ3n) is 4.32. The van der Waals surface area contributed by atoms with Gasteiger partial charge >= 0.3 is 0 Å². The van der Waals surface area contributed by atoms with E-state index in [1.54, 1.807) is 0 Å². The zero-order chi connectivity index (χ0) is 20.3. The molecule has 0 unspecified atom stereocenters. The number of carbonyl (C=O) groups is 2. The molecule has 0 bridgehead atoms. The van der Waals surface area contributed by atoms with Gasteiger partial charge in [0, 0.05) is 5.25 Å². The van der Waals surface area contributed by atoms with Gasteiger partial charge in [-0.25, -0.2) is 0 Å². The quantitative estimate of drug-likeness (QED) is 0.643. The van der Waals surface area contributed by atoms with Gasteiger partial charge in [0.15, 0.2) is 0 Å². The summed E-state index contributed by atoms with van der Waals surface area (Å²) in [6, 6.07) is 15.4. The Morgan fingerprint density at radius 3 is 2.21 bits per heavy atom. The molecule has 1 heterocycles. The Morgan fingerprint density at radius 2 is 1.61 bits per heavy atom. The van der Waals surface area contributed by atoms with Crippen LogP contribution in [0.15, 0.2) is 53.4 Å². The van der Waals surface area contributed by atoms with Gasteiger partial charge < -0.3 is 4.74 Å². The number of amides is 2. The fraction of sp³-hybridized carbons (Fsp3) is 0.304. The van der Waals surface area contributed by atoms with Gasteiger partial charge in [0.1, 0.15) is 12.4 Å². The molecule has 0 saturated heterocycles. The van der Waals surface area contributed by atoms with E-state index in [4.69, 9.17) is 4.74 Å². The van der Waals surface area contributed by atoms with E-state index in [2.05, 4.69) is 6.07 Å². The van der Waals surface area contributed by atoms with Gasteiger partial charge in [-0.15, -0.1) is 11.8 Å². The Morgan fingerprint density at radius 1 is 0.964 bits per heavy atom. The zero-order valence-electron chi connectivity index (χ0n) is 16.7. The first kappa shape index (κ1) is 20.2. The molecule has 4 nitrogen and oxygen atoms in total. The standard InChI is InChI=1S/C23H25NO3S/c1-15(2)28-21-20(18-8-6-5-7-9-18)22(25)24(23(21)26)10-11-27-19-13-16(3)12-17(4)14-19/h5-9,12-15H,10-11H2,1-4H3. The van der Waals surface area contributed by atoms with Crippen LogP contribution >= 0.6 is 11.8 Å². The van der Waals surface area contributed by atoms with E-state index in [-0.39, 0.29) is 30.2 Å². The Labute approximate surface area is 170 Å². The minimum atomic E-state index is -0.247. The highest BCUT2D eigenvalue weighted by Crippen LogP contribution is 2.37. The van der Waals surface area contributed by atoms with Gasteiger partial charge in [-0.3, -0.25) is 14.5 Å². The second-order valence-corrected chi connectivity index (χ2v) is 8.76. The summed E-state index contributed by atoms with van der Waals surface area (Å²) in [6.45, 7) is 8.55. The lowest BCUT2D eigenvalue weighted by Gasteiger charge is -2.16. The molecule has 0 radical (unpaired) electrons. The van der Waals surface area contributed by atoms with Gasteiger partial charge in [-0.1, -0.05) is 50.2 Å². The van der Waals surface area contributed by atoms with Crippen molar-refractivity contribution in [2.45, 2.75) is 32.9 Å². The van der Waals surface area contributed by atoms with Crippen LogP contribution in [-0.2, 0) is 9.59 Å². The number of ether oxygens (including phenoxy) is 1. The van der Waals surface area contributed by atoms with Crippen LogP contribution < -0.4 is 4.74 Å². The molecule has 1 aliphatic rings. The minimum absolute atomic E-state index is 0.205. The van der Waals surface area contributed by atoms with E-state index in [0.29, 0.717) is 10.5 Å². The molecule has 5 heteroatoms. The molecule has 0 saturated carbocycles. The van der Waals surface area contributed by atoms with Crippen LogP contribution in [0.4, 0.5) is 0 Å². The predicted octanol–water partition coefficient (Wildman–Crippen LogP) is 4.60. The highest BCUT2D eigenvalue weighted by Gasteiger charge is 2.39. The van der Waals surface area contributed by atoms with Crippen molar-refractivity contribution in [2.24, 2.45) is 0 Å². The summed E-state index contributed by atoms with van der Waals surface area (Å²) in [6.07, 6.45) is 0. The van der Waals surface area contributed by atoms with Crippen LogP contribution in [0.25, 0.3) is 5.57 Å². The van der Waals surface area contributed by atoms with Gasteiger partial charge in [0.05, 0.1) is 17.0 Å². The van der Waals surface area contributed by atoms with E-state index in [0.717, 1.165) is 22.4 Å². The summed E-state index contributed by atoms with van der Waals surface area (Å²) in [5.74, 6) is 0.277. The molecule has 2 amide bonds. The maximum absolute atomic E-state index is 13.0. The van der Waals surface area contributed by atoms with Crippen LogP contribution in [0.1, 0.15) is 30.5 Å². The second kappa shape index (κ2) is 8.65. The molecule has 28 heavy (non-hydrogen) atoms. The molecule has 2 aromatic carbocycles. The van der Waals surface area contributed by atoms with Crippen molar-refractivity contribution < 1.29 is 14.3 Å². The van der Waals surface area contributed by atoms with Crippen molar-refractivity contribution in [2.75, 3.05) is 13.2 Å². The first-order chi connectivity index (χ1) is 13.4. The molecule has 0 aliphatic carbocycles. The van der Waals surface area contributed by atoms with Crippen molar-refractivity contribution in [3.63, 3.8) is 0 Å². The van der Waals surface area contributed by atoms with Crippen molar-refractivity contribution in [1.29, 1.82) is 0 Å². The zero-order valence-corrected chi connectivity index (χ0v) is 17.5. The van der Waals surface area contributed by atoms with Crippen LogP contribution in [0.2, 0.25) is 0 Å². The summed E-state index contributed by atoms with van der Waals surface area (Å²) in [5, 5.41) is 0.205. The summed E-state index contributed by atoms with van der Waals surface area (Å²) in [7, 11) is 0. The predicted molar refractivity (Wildman–Crippen MR) is 114 cm³/mol. The maximum Gasteiger partial charge on any atom is 0.268 e. The molecule has 146 valence electrons. The smallest absolute Gasteiger partial charge is 0.268 e. The fourth-order valence-electron chi connectivity index (χ4n) is 3.23. The van der Waals surface area contributed by atoms with Gasteiger partial charge in [0.25, 0.3) is 11.8 Å². The van der Waals surface area contributed by atoms with E-state index in [1.807, 2.05) is 70.2 Å². The highest BCUT2D eigenvalue weighted by molar-refractivity contribution is 8.04. The average molecular weight is 396 g/mol. The summed E-state index contributed by atoms with van der Waals surface area (Å²) in [5.41, 5.74) is 3.51. The minimum Gasteiger partial charge on any atom is -0.492 e. The van der Waals surface area contributed by atoms with Crippen LogP contribution in [-0.4, -0.2) is 35.1 Å². The van der Waals surface area contributed by atoms with Gasteiger partial charge in [-0.05, 0) is 42.7 Å². The van der Waals surface area contributed by atoms with Gasteiger partial charge in [0.2, 0.25) is 0 Å². The molecule has 0 aromatic heterocycles. The number of rotatable bonds is 7. The van der Waals surface area contributed by atoms with Crippen LogP contribution in [0.5, 0.6) is 5.75 Å². The SMILES string of the molecule is Cc1cc(C)cc(OCCN2C(=O)C(SC(C)C)=C(c3ccccc3)C2=O)c1. The molecule has 0 atom stereocenters. The number of thioether (sulfide) groups is 1. The fourth-order valence-corrected chi connectivity index (χ4v) is 4.24. The Bertz CT molecular complexity index is 898. The lowest BCUT2D eigenvalue weighted by molar-refractivity contribution is -0.136. The normalized spacial score (nSPS) is 14.4. The summed E-state index contributed by atoms with van der Waals surface area (Å²) < 4.78 is 5.81. The maximum atomic E-state index is 13.0. The van der Waals surface area contributed by atoms with E-state index in [1.165, 1.54) is 16.7 Å². The molecule has 1 aliphatic heterocycles. The van der Waals surface area contributed by atoms with E-state index < -0.39 is 0 Å². The molecule has 0 spiro atoms. The summed E-state index contributed by atoms with van der Waals surface area (Å²) in [4.78, 5) is 27.8. The Hall–Kier alpha value is -2.53. The van der Waals surface area contributed by atoms with Crippen molar-refractivity contribution in [1.82, 2.24) is 4.90 Å². The van der Waals surface area contributed by atoms with E-state index in [9.17, 15) is 9.59 Å². The average Bonchev–Trinajstić information content (AvgIpc) is 2.85. The third kappa shape index (κ3) is 4.47. The molecule has 3 rings (SSSR count). The van der Waals surface area contributed by atoms with E-state index >= 15 is 0 Å². The first-order valence-electron chi connectivity index (χ1n) is 9.40. The number of hydrogen-bond donors (Lipinski definition) is 0. The summed E-state index contributed by atoms with van der Waals surface area (Å²) >= 11 is 1.44. The highest BCUT2D eigenvalue weighted by atomic mass is 32.2. The van der Waals surface area contributed by atoms with Crippen molar-refractivity contribution >= 4 is 29.1 Å². The lowest BCUT2D eigenvalue weighted by Crippen LogP contribution is -2.35. The number of aryl methyl sites for hydroxylation is 2. The number of benzene rings is 2. The number of nitrogens with zero attached hydrogens (tertiary/aromatic N) is 1. The van der Waals surface area contributed by atoms with Gasteiger partial charge in [-0.2, -0.15) is 0 Å². The number of hydrogen-bond acceptors (Lipinski definition) is 4. The van der Waals surface area contributed by atoms with Crippen molar-refractivity contribution in [3.05, 3.63) is 70.1 Å². The topological polar surface area (TPSA) is 46.6 Å². The monoisotopic (exact) mass is 395 g/mol. The third-order valence-corrected chi connectivity index (χ3v) is 5.41. The lowest BCUT2D eigenvalue weighted by atomic mass is 10.1. The number of carbonyl (C=O) groups excluding carboxylic acids is 2. The molecular formula is C23H25NO3S. The van der Waals surface area contributed by atoms with Crippen molar-refractivity contribution in [3.8, 4) is 5.75 Å². The molecule has 2 aromatic rings. The molecule has 0 N–H and O–H groups in total. The Balaban J connectivity index is 1.76. The molecular weight excluding hydrogens is 370 g/mol. The first-order valence-corrected chi connectivity index (χ1v) is 10.3.